The van der Waals surface area contributed by atoms with Crippen molar-refractivity contribution in [1.29, 1.82) is 0 Å². The first-order chi connectivity index (χ1) is 6.79. The van der Waals surface area contributed by atoms with Crippen LogP contribution in [0, 0.1) is 0 Å². The Bertz CT molecular complexity index is 323. The van der Waals surface area contributed by atoms with E-state index in [2.05, 4.69) is 0 Å². The molecule has 1 heterocycles. The fraction of sp³-hybridized carbons (Fsp3) is 0.364. The third-order valence-electron chi connectivity index (χ3n) is 2.54. The molecular formula is C11H13NO2. The van der Waals surface area contributed by atoms with Gasteiger partial charge in [0.1, 0.15) is 6.61 Å². The average molecular weight is 191 g/mol. The van der Waals surface area contributed by atoms with E-state index in [-0.39, 0.29) is 12.1 Å². The summed E-state index contributed by atoms with van der Waals surface area (Å²) < 4.78 is 4.90. The van der Waals surface area contributed by atoms with Gasteiger partial charge in [0.15, 0.2) is 0 Å². The Labute approximate surface area is 83.3 Å². The molecule has 14 heavy (non-hydrogen) atoms. The van der Waals surface area contributed by atoms with E-state index in [1.54, 1.807) is 4.90 Å². The van der Waals surface area contributed by atoms with E-state index in [1.807, 2.05) is 37.3 Å². The Balaban J connectivity index is 2.16. The van der Waals surface area contributed by atoms with Crippen molar-refractivity contribution >= 4 is 6.09 Å². The van der Waals surface area contributed by atoms with Gasteiger partial charge in [-0.1, -0.05) is 30.3 Å². The third kappa shape index (κ3) is 1.58. The predicted octanol–water partition coefficient (Wildman–Crippen LogP) is 2.20. The maximum Gasteiger partial charge on any atom is 0.410 e. The lowest BCUT2D eigenvalue weighted by Gasteiger charge is -2.21. The highest BCUT2D eigenvalue weighted by atomic mass is 16.6. The molecule has 0 bridgehead atoms. The van der Waals surface area contributed by atoms with Gasteiger partial charge in [0.2, 0.25) is 0 Å². The molecule has 1 amide bonds. The van der Waals surface area contributed by atoms with E-state index in [4.69, 9.17) is 4.74 Å². The Morgan fingerprint density at radius 3 is 2.64 bits per heavy atom. The molecule has 0 N–H and O–H groups in total. The van der Waals surface area contributed by atoms with Crippen LogP contribution < -0.4 is 0 Å². The van der Waals surface area contributed by atoms with Crippen molar-refractivity contribution in [3.8, 4) is 0 Å². The minimum atomic E-state index is -0.207. The van der Waals surface area contributed by atoms with Crippen LogP contribution in [0.4, 0.5) is 4.79 Å². The SMILES string of the molecule is C[C@@H](c1ccccc1)N1CCOC1=O. The van der Waals surface area contributed by atoms with Gasteiger partial charge in [-0.25, -0.2) is 4.79 Å². The van der Waals surface area contributed by atoms with E-state index >= 15 is 0 Å². The highest BCUT2D eigenvalue weighted by molar-refractivity contribution is 5.70. The maximum absolute atomic E-state index is 11.3. The largest absolute Gasteiger partial charge is 0.448 e. The van der Waals surface area contributed by atoms with E-state index in [0.29, 0.717) is 13.2 Å². The van der Waals surface area contributed by atoms with Crippen molar-refractivity contribution in [1.82, 2.24) is 4.90 Å². The van der Waals surface area contributed by atoms with E-state index in [9.17, 15) is 4.79 Å². The molecule has 3 heteroatoms. The van der Waals surface area contributed by atoms with Gasteiger partial charge in [-0.05, 0) is 12.5 Å². The van der Waals surface area contributed by atoms with Gasteiger partial charge in [0, 0.05) is 0 Å². The summed E-state index contributed by atoms with van der Waals surface area (Å²) in [5.41, 5.74) is 1.14. The van der Waals surface area contributed by atoms with Crippen LogP contribution in [0.15, 0.2) is 30.3 Å². The number of benzene rings is 1. The number of hydrogen-bond donors (Lipinski definition) is 0. The molecule has 0 aromatic heterocycles. The summed E-state index contributed by atoms with van der Waals surface area (Å²) in [5.74, 6) is 0. The Morgan fingerprint density at radius 2 is 2.07 bits per heavy atom. The third-order valence-corrected chi connectivity index (χ3v) is 2.54. The van der Waals surface area contributed by atoms with Crippen LogP contribution in [0.25, 0.3) is 0 Å². The van der Waals surface area contributed by atoms with Crippen LogP contribution in [0.5, 0.6) is 0 Å². The van der Waals surface area contributed by atoms with E-state index in [1.165, 1.54) is 0 Å². The van der Waals surface area contributed by atoms with Crippen LogP contribution in [0.1, 0.15) is 18.5 Å². The number of amides is 1. The zero-order chi connectivity index (χ0) is 9.97. The molecule has 0 radical (unpaired) electrons. The molecule has 1 aromatic carbocycles. The minimum absolute atomic E-state index is 0.103. The second-order valence-corrected chi connectivity index (χ2v) is 3.39. The molecule has 1 atom stereocenters. The van der Waals surface area contributed by atoms with Crippen molar-refractivity contribution in [2.45, 2.75) is 13.0 Å². The summed E-state index contributed by atoms with van der Waals surface area (Å²) in [6, 6.07) is 10.1. The van der Waals surface area contributed by atoms with Crippen molar-refractivity contribution in [2.24, 2.45) is 0 Å². The highest BCUT2D eigenvalue weighted by Gasteiger charge is 2.27. The highest BCUT2D eigenvalue weighted by Crippen LogP contribution is 2.22. The number of nitrogens with zero attached hydrogens (tertiary/aromatic N) is 1. The number of carbonyl (C=O) groups is 1. The Morgan fingerprint density at radius 1 is 1.36 bits per heavy atom. The predicted molar refractivity (Wildman–Crippen MR) is 52.9 cm³/mol. The van der Waals surface area contributed by atoms with Crippen molar-refractivity contribution in [3.05, 3.63) is 35.9 Å². The molecule has 1 aliphatic heterocycles. The number of ether oxygens (including phenoxy) is 1. The van der Waals surface area contributed by atoms with Crippen LogP contribution in [0.3, 0.4) is 0 Å². The van der Waals surface area contributed by atoms with Gasteiger partial charge >= 0.3 is 6.09 Å². The lowest BCUT2D eigenvalue weighted by Crippen LogP contribution is -2.27. The van der Waals surface area contributed by atoms with Crippen LogP contribution >= 0.6 is 0 Å². The van der Waals surface area contributed by atoms with Crippen molar-refractivity contribution in [2.75, 3.05) is 13.2 Å². The van der Waals surface area contributed by atoms with Crippen LogP contribution in [-0.4, -0.2) is 24.1 Å². The monoisotopic (exact) mass is 191 g/mol. The molecule has 0 aliphatic carbocycles. The second-order valence-electron chi connectivity index (χ2n) is 3.39. The van der Waals surface area contributed by atoms with Crippen LogP contribution in [-0.2, 0) is 4.74 Å². The molecule has 0 saturated carbocycles. The summed E-state index contributed by atoms with van der Waals surface area (Å²) >= 11 is 0. The lowest BCUT2D eigenvalue weighted by atomic mass is 10.1. The molecule has 74 valence electrons. The maximum atomic E-state index is 11.3. The average Bonchev–Trinajstić information content (AvgIpc) is 2.65. The molecule has 3 nitrogen and oxygen atoms in total. The molecule has 0 unspecified atom stereocenters. The second kappa shape index (κ2) is 3.70. The lowest BCUT2D eigenvalue weighted by molar-refractivity contribution is 0.150. The number of carbonyl (C=O) groups excluding carboxylic acids is 1. The summed E-state index contributed by atoms with van der Waals surface area (Å²) in [5, 5.41) is 0. The fourth-order valence-electron chi connectivity index (χ4n) is 1.67. The van der Waals surface area contributed by atoms with Gasteiger partial charge in [0.05, 0.1) is 12.6 Å². The first-order valence-electron chi connectivity index (χ1n) is 4.77. The summed E-state index contributed by atoms with van der Waals surface area (Å²) in [6.07, 6.45) is -0.207. The standard InChI is InChI=1S/C11H13NO2/c1-9(10-5-3-2-4-6-10)12-7-8-14-11(12)13/h2-6,9H,7-8H2,1H3/t9-/m0/s1. The van der Waals surface area contributed by atoms with E-state index < -0.39 is 0 Å². The van der Waals surface area contributed by atoms with Crippen molar-refractivity contribution < 1.29 is 9.53 Å². The van der Waals surface area contributed by atoms with Gasteiger partial charge < -0.3 is 4.74 Å². The first-order valence-corrected chi connectivity index (χ1v) is 4.77. The number of rotatable bonds is 2. The zero-order valence-electron chi connectivity index (χ0n) is 8.14. The van der Waals surface area contributed by atoms with Gasteiger partial charge in [-0.15, -0.1) is 0 Å². The molecule has 0 spiro atoms. The zero-order valence-corrected chi connectivity index (χ0v) is 8.14. The summed E-state index contributed by atoms with van der Waals surface area (Å²) in [4.78, 5) is 13.0. The van der Waals surface area contributed by atoms with Crippen molar-refractivity contribution in [3.63, 3.8) is 0 Å². The number of cyclic esters (lactones) is 1. The molecular weight excluding hydrogens is 178 g/mol. The molecule has 1 fully saturated rings. The smallest absolute Gasteiger partial charge is 0.410 e. The first kappa shape index (κ1) is 9.06. The summed E-state index contributed by atoms with van der Waals surface area (Å²) in [6.45, 7) is 3.22. The fourth-order valence-corrected chi connectivity index (χ4v) is 1.67. The molecule has 2 rings (SSSR count). The minimum Gasteiger partial charge on any atom is -0.448 e. The molecule has 1 aliphatic rings. The van der Waals surface area contributed by atoms with Gasteiger partial charge in [-0.3, -0.25) is 4.90 Å². The topological polar surface area (TPSA) is 29.5 Å². The quantitative estimate of drug-likeness (QED) is 0.717. The van der Waals surface area contributed by atoms with Gasteiger partial charge in [0.25, 0.3) is 0 Å². The van der Waals surface area contributed by atoms with E-state index in [0.717, 1.165) is 5.56 Å². The normalized spacial score (nSPS) is 18.1. The summed E-state index contributed by atoms with van der Waals surface area (Å²) in [7, 11) is 0. The molecule has 1 saturated heterocycles. The van der Waals surface area contributed by atoms with Gasteiger partial charge in [-0.2, -0.15) is 0 Å². The Hall–Kier alpha value is -1.51. The Kier molecular flexibility index (Phi) is 2.39. The number of hydrogen-bond acceptors (Lipinski definition) is 2. The molecule has 1 aromatic rings. The van der Waals surface area contributed by atoms with Crippen LogP contribution in [0.2, 0.25) is 0 Å².